The van der Waals surface area contributed by atoms with Crippen LogP contribution in [0.5, 0.6) is 0 Å². The molecule has 0 aromatic heterocycles. The minimum Gasteiger partial charge on any atom is -0.348 e. The standard InChI is InChI=1S/C16H12FNO/c17-13-5-1-3-11(9-13)7-8-12-4-2-6-14-15(12)10-18-16(14)19/h1-9H,10H2,(H,18,19). The summed E-state index contributed by atoms with van der Waals surface area (Å²) in [6.07, 6.45) is 3.76. The maximum atomic E-state index is 13.1. The first-order chi connectivity index (χ1) is 9.24. The Hall–Kier alpha value is -2.42. The number of carbonyl (C=O) groups is 1. The van der Waals surface area contributed by atoms with Gasteiger partial charge in [-0.2, -0.15) is 0 Å². The lowest BCUT2D eigenvalue weighted by Gasteiger charge is -2.01. The van der Waals surface area contributed by atoms with Gasteiger partial charge >= 0.3 is 0 Å². The van der Waals surface area contributed by atoms with Crippen molar-refractivity contribution in [1.29, 1.82) is 0 Å². The summed E-state index contributed by atoms with van der Waals surface area (Å²) in [5.41, 5.74) is 3.51. The lowest BCUT2D eigenvalue weighted by Crippen LogP contribution is -2.12. The van der Waals surface area contributed by atoms with Crippen molar-refractivity contribution in [3.05, 3.63) is 70.5 Å². The smallest absolute Gasteiger partial charge is 0.251 e. The van der Waals surface area contributed by atoms with Crippen LogP contribution in [0, 0.1) is 5.82 Å². The van der Waals surface area contributed by atoms with E-state index in [1.54, 1.807) is 6.07 Å². The summed E-state index contributed by atoms with van der Waals surface area (Å²) in [4.78, 5) is 11.6. The molecule has 0 fully saturated rings. The van der Waals surface area contributed by atoms with Gasteiger partial charge in [0.1, 0.15) is 5.82 Å². The van der Waals surface area contributed by atoms with Gasteiger partial charge in [0, 0.05) is 12.1 Å². The zero-order chi connectivity index (χ0) is 13.2. The molecule has 3 rings (SSSR count). The minimum atomic E-state index is -0.253. The average molecular weight is 253 g/mol. The normalized spacial score (nSPS) is 13.6. The molecule has 2 aromatic rings. The van der Waals surface area contributed by atoms with E-state index in [0.29, 0.717) is 6.54 Å². The highest BCUT2D eigenvalue weighted by atomic mass is 19.1. The molecule has 0 unspecified atom stereocenters. The van der Waals surface area contributed by atoms with Crippen LogP contribution in [0.4, 0.5) is 4.39 Å². The molecular weight excluding hydrogens is 241 g/mol. The van der Waals surface area contributed by atoms with Crippen LogP contribution in [-0.2, 0) is 6.54 Å². The molecule has 1 N–H and O–H groups in total. The van der Waals surface area contributed by atoms with Gasteiger partial charge < -0.3 is 5.32 Å². The summed E-state index contributed by atoms with van der Waals surface area (Å²) < 4.78 is 13.1. The number of hydrogen-bond donors (Lipinski definition) is 1. The predicted molar refractivity (Wildman–Crippen MR) is 72.9 cm³/mol. The van der Waals surface area contributed by atoms with E-state index in [0.717, 1.165) is 22.3 Å². The van der Waals surface area contributed by atoms with Gasteiger partial charge in [-0.1, -0.05) is 36.4 Å². The molecule has 0 bridgehead atoms. The third-order valence-corrected chi connectivity index (χ3v) is 3.19. The second kappa shape index (κ2) is 4.69. The molecule has 1 aliphatic heterocycles. The summed E-state index contributed by atoms with van der Waals surface area (Å²) >= 11 is 0. The number of amides is 1. The predicted octanol–water partition coefficient (Wildman–Crippen LogP) is 3.24. The molecule has 0 radical (unpaired) electrons. The lowest BCUT2D eigenvalue weighted by atomic mass is 10.0. The van der Waals surface area contributed by atoms with Gasteiger partial charge in [0.2, 0.25) is 0 Å². The number of nitrogens with one attached hydrogen (secondary N) is 1. The van der Waals surface area contributed by atoms with Gasteiger partial charge in [-0.05, 0) is 34.9 Å². The van der Waals surface area contributed by atoms with Crippen molar-refractivity contribution in [2.24, 2.45) is 0 Å². The zero-order valence-corrected chi connectivity index (χ0v) is 10.2. The van der Waals surface area contributed by atoms with Gasteiger partial charge in [-0.25, -0.2) is 4.39 Å². The molecule has 3 heteroatoms. The molecule has 1 heterocycles. The third kappa shape index (κ3) is 2.27. The molecule has 1 aliphatic rings. The molecular formula is C16H12FNO. The largest absolute Gasteiger partial charge is 0.348 e. The van der Waals surface area contributed by atoms with Gasteiger partial charge in [0.15, 0.2) is 0 Å². The SMILES string of the molecule is O=C1NCc2c(C=Cc3cccc(F)c3)cccc21. The Bertz CT molecular complexity index is 676. The summed E-state index contributed by atoms with van der Waals surface area (Å²) in [5, 5.41) is 2.80. The first-order valence-electron chi connectivity index (χ1n) is 6.08. The van der Waals surface area contributed by atoms with E-state index < -0.39 is 0 Å². The minimum absolute atomic E-state index is 0.0315. The van der Waals surface area contributed by atoms with Gasteiger partial charge in [-0.3, -0.25) is 4.79 Å². The van der Waals surface area contributed by atoms with Crippen molar-refractivity contribution in [3.63, 3.8) is 0 Å². The Morgan fingerprint density at radius 1 is 1.11 bits per heavy atom. The molecule has 0 spiro atoms. The maximum Gasteiger partial charge on any atom is 0.251 e. The molecule has 94 valence electrons. The fourth-order valence-corrected chi connectivity index (χ4v) is 2.23. The highest BCUT2D eigenvalue weighted by Gasteiger charge is 2.19. The Kier molecular flexibility index (Phi) is 2.88. The number of fused-ring (bicyclic) bond motifs is 1. The van der Waals surface area contributed by atoms with E-state index >= 15 is 0 Å². The van der Waals surface area contributed by atoms with Crippen molar-refractivity contribution < 1.29 is 9.18 Å². The number of halogens is 1. The number of benzene rings is 2. The van der Waals surface area contributed by atoms with Crippen LogP contribution in [0.15, 0.2) is 42.5 Å². The Morgan fingerprint density at radius 3 is 2.79 bits per heavy atom. The zero-order valence-electron chi connectivity index (χ0n) is 10.2. The van der Waals surface area contributed by atoms with Crippen LogP contribution in [0.3, 0.4) is 0 Å². The van der Waals surface area contributed by atoms with Crippen molar-refractivity contribution >= 4 is 18.1 Å². The average Bonchev–Trinajstić information content (AvgIpc) is 2.79. The summed E-state index contributed by atoms with van der Waals surface area (Å²) in [6, 6.07) is 12.0. The van der Waals surface area contributed by atoms with Crippen molar-refractivity contribution in [1.82, 2.24) is 5.32 Å². The monoisotopic (exact) mass is 253 g/mol. The van der Waals surface area contributed by atoms with Gasteiger partial charge in [0.05, 0.1) is 0 Å². The molecule has 0 atom stereocenters. The lowest BCUT2D eigenvalue weighted by molar-refractivity contribution is 0.0966. The van der Waals surface area contributed by atoms with Gasteiger partial charge in [0.25, 0.3) is 5.91 Å². The van der Waals surface area contributed by atoms with Crippen LogP contribution in [0.25, 0.3) is 12.2 Å². The number of carbonyl (C=O) groups excluding carboxylic acids is 1. The molecule has 1 amide bonds. The van der Waals surface area contributed by atoms with Gasteiger partial charge in [-0.15, -0.1) is 0 Å². The molecule has 0 saturated heterocycles. The fraction of sp³-hybridized carbons (Fsp3) is 0.0625. The van der Waals surface area contributed by atoms with E-state index in [1.165, 1.54) is 12.1 Å². The summed E-state index contributed by atoms with van der Waals surface area (Å²) in [5.74, 6) is -0.284. The number of rotatable bonds is 2. The molecule has 0 saturated carbocycles. The van der Waals surface area contributed by atoms with Crippen LogP contribution in [-0.4, -0.2) is 5.91 Å². The Balaban J connectivity index is 1.95. The Morgan fingerprint density at radius 2 is 1.95 bits per heavy atom. The first-order valence-corrected chi connectivity index (χ1v) is 6.08. The summed E-state index contributed by atoms with van der Waals surface area (Å²) in [6.45, 7) is 0.553. The van der Waals surface area contributed by atoms with Crippen molar-refractivity contribution in [3.8, 4) is 0 Å². The topological polar surface area (TPSA) is 29.1 Å². The van der Waals surface area contributed by atoms with E-state index in [1.807, 2.05) is 36.4 Å². The molecule has 2 aromatic carbocycles. The van der Waals surface area contributed by atoms with Crippen LogP contribution < -0.4 is 5.32 Å². The van der Waals surface area contributed by atoms with Crippen molar-refractivity contribution in [2.45, 2.75) is 6.54 Å². The van der Waals surface area contributed by atoms with E-state index in [9.17, 15) is 9.18 Å². The molecule has 19 heavy (non-hydrogen) atoms. The third-order valence-electron chi connectivity index (χ3n) is 3.19. The second-order valence-corrected chi connectivity index (χ2v) is 4.44. The van der Waals surface area contributed by atoms with Crippen LogP contribution in [0.1, 0.15) is 27.0 Å². The van der Waals surface area contributed by atoms with E-state index in [2.05, 4.69) is 5.32 Å². The van der Waals surface area contributed by atoms with E-state index in [4.69, 9.17) is 0 Å². The van der Waals surface area contributed by atoms with E-state index in [-0.39, 0.29) is 11.7 Å². The second-order valence-electron chi connectivity index (χ2n) is 4.44. The molecule has 2 nitrogen and oxygen atoms in total. The number of hydrogen-bond acceptors (Lipinski definition) is 1. The highest BCUT2D eigenvalue weighted by Crippen LogP contribution is 2.21. The quantitative estimate of drug-likeness (QED) is 0.818. The van der Waals surface area contributed by atoms with Crippen LogP contribution in [0.2, 0.25) is 0 Å². The maximum absolute atomic E-state index is 13.1. The van der Waals surface area contributed by atoms with Crippen molar-refractivity contribution in [2.75, 3.05) is 0 Å². The molecule has 0 aliphatic carbocycles. The Labute approximate surface area is 110 Å². The summed E-state index contributed by atoms with van der Waals surface area (Å²) in [7, 11) is 0. The van der Waals surface area contributed by atoms with Crippen LogP contribution >= 0.6 is 0 Å². The highest BCUT2D eigenvalue weighted by molar-refractivity contribution is 5.99. The first kappa shape index (κ1) is 11.7. The fourth-order valence-electron chi connectivity index (χ4n) is 2.23.